The Morgan fingerprint density at radius 1 is 1.16 bits per heavy atom. The van der Waals surface area contributed by atoms with Gasteiger partial charge >= 0.3 is 0 Å². The molecule has 0 unspecified atom stereocenters. The van der Waals surface area contributed by atoms with Gasteiger partial charge in [0.05, 0.1) is 31.3 Å². The van der Waals surface area contributed by atoms with Gasteiger partial charge in [-0.15, -0.1) is 0 Å². The minimum atomic E-state index is 0.269. The Hall–Kier alpha value is -1.76. The number of hydrogen-bond acceptors (Lipinski definition) is 6. The van der Waals surface area contributed by atoms with Crippen LogP contribution in [-0.4, -0.2) is 53.6 Å². The lowest BCUT2D eigenvalue weighted by Crippen LogP contribution is -2.35. The van der Waals surface area contributed by atoms with E-state index in [0.717, 1.165) is 57.1 Å². The molecule has 3 atom stereocenters. The molecule has 0 N–H and O–H groups in total. The molecule has 2 aromatic rings. The largest absolute Gasteiger partial charge is 0.379 e. The highest BCUT2D eigenvalue weighted by atomic mass is 16.5. The standard InChI is InChI=1S/C19H23N3O3/c1-2-13(12-22-6-8-23-9-7-22)10-14(3-1)18-20-19(25-21-18)16-11-15-4-5-17(16)24-15/h1-3,10,15-17H,4-9,11-12H2/t15-,16+,17-/m1/s1. The van der Waals surface area contributed by atoms with Crippen LogP contribution in [0.2, 0.25) is 0 Å². The molecule has 0 saturated carbocycles. The van der Waals surface area contributed by atoms with Crippen molar-refractivity contribution in [2.45, 2.75) is 43.9 Å². The first-order valence-corrected chi connectivity index (χ1v) is 9.23. The van der Waals surface area contributed by atoms with Gasteiger partial charge in [-0.2, -0.15) is 4.98 Å². The molecule has 6 nitrogen and oxygen atoms in total. The van der Waals surface area contributed by atoms with Crippen molar-refractivity contribution in [3.8, 4) is 11.4 Å². The third-order valence-electron chi connectivity index (χ3n) is 5.56. The van der Waals surface area contributed by atoms with Gasteiger partial charge < -0.3 is 14.0 Å². The lowest BCUT2D eigenvalue weighted by molar-refractivity contribution is 0.0342. The van der Waals surface area contributed by atoms with Gasteiger partial charge in [0.15, 0.2) is 0 Å². The zero-order valence-electron chi connectivity index (χ0n) is 14.3. The van der Waals surface area contributed by atoms with E-state index in [1.54, 1.807) is 0 Å². The minimum absolute atomic E-state index is 0.269. The van der Waals surface area contributed by atoms with Crippen LogP contribution >= 0.6 is 0 Å². The lowest BCUT2D eigenvalue weighted by Gasteiger charge is -2.26. The number of nitrogens with zero attached hydrogens (tertiary/aromatic N) is 3. The van der Waals surface area contributed by atoms with E-state index < -0.39 is 0 Å². The summed E-state index contributed by atoms with van der Waals surface area (Å²) in [5.41, 5.74) is 2.29. The topological polar surface area (TPSA) is 60.6 Å². The maximum Gasteiger partial charge on any atom is 0.232 e. The van der Waals surface area contributed by atoms with E-state index in [1.165, 1.54) is 12.0 Å². The number of ether oxygens (including phenoxy) is 2. The maximum atomic E-state index is 5.91. The van der Waals surface area contributed by atoms with Crippen molar-refractivity contribution in [3.63, 3.8) is 0 Å². The van der Waals surface area contributed by atoms with Crippen LogP contribution in [0.4, 0.5) is 0 Å². The Bertz CT molecular complexity index is 741. The van der Waals surface area contributed by atoms with Gasteiger partial charge in [0.1, 0.15) is 0 Å². The second-order valence-corrected chi connectivity index (χ2v) is 7.26. The van der Waals surface area contributed by atoms with Crippen molar-refractivity contribution >= 4 is 0 Å². The first-order chi connectivity index (χ1) is 12.3. The first kappa shape index (κ1) is 15.5. The van der Waals surface area contributed by atoms with Crippen LogP contribution < -0.4 is 0 Å². The highest BCUT2D eigenvalue weighted by Gasteiger charge is 2.44. The summed E-state index contributed by atoms with van der Waals surface area (Å²) >= 11 is 0. The fraction of sp³-hybridized carbons (Fsp3) is 0.579. The van der Waals surface area contributed by atoms with E-state index in [4.69, 9.17) is 14.0 Å². The third kappa shape index (κ3) is 3.10. The molecular weight excluding hydrogens is 318 g/mol. The summed E-state index contributed by atoms with van der Waals surface area (Å²) < 4.78 is 16.9. The van der Waals surface area contributed by atoms with Crippen LogP contribution in [0.5, 0.6) is 0 Å². The molecule has 1 aromatic heterocycles. The monoisotopic (exact) mass is 341 g/mol. The number of hydrogen-bond donors (Lipinski definition) is 0. The van der Waals surface area contributed by atoms with E-state index in [1.807, 2.05) is 0 Å². The van der Waals surface area contributed by atoms with Crippen LogP contribution in [0.1, 0.15) is 36.6 Å². The molecule has 4 heterocycles. The zero-order chi connectivity index (χ0) is 16.6. The fourth-order valence-electron chi connectivity index (χ4n) is 4.23. The van der Waals surface area contributed by atoms with Crippen molar-refractivity contribution in [2.24, 2.45) is 0 Å². The zero-order valence-corrected chi connectivity index (χ0v) is 14.3. The molecule has 3 aliphatic heterocycles. The van der Waals surface area contributed by atoms with E-state index in [0.29, 0.717) is 11.9 Å². The van der Waals surface area contributed by atoms with Crippen LogP contribution in [0.3, 0.4) is 0 Å². The molecule has 1 aromatic carbocycles. The predicted octanol–water partition coefficient (Wildman–Crippen LogP) is 2.60. The summed E-state index contributed by atoms with van der Waals surface area (Å²) in [6.07, 6.45) is 3.96. The minimum Gasteiger partial charge on any atom is -0.379 e. The lowest BCUT2D eigenvalue weighted by atomic mass is 9.89. The van der Waals surface area contributed by atoms with E-state index in [9.17, 15) is 0 Å². The first-order valence-electron chi connectivity index (χ1n) is 9.23. The normalized spacial score (nSPS) is 29.4. The second kappa shape index (κ2) is 6.52. The molecule has 0 amide bonds. The van der Waals surface area contributed by atoms with Crippen molar-refractivity contribution in [3.05, 3.63) is 35.7 Å². The van der Waals surface area contributed by atoms with Crippen molar-refractivity contribution in [1.82, 2.24) is 15.0 Å². The van der Waals surface area contributed by atoms with Gasteiger partial charge in [-0.05, 0) is 30.9 Å². The van der Waals surface area contributed by atoms with Crippen LogP contribution in [0.15, 0.2) is 28.8 Å². The van der Waals surface area contributed by atoms with Gasteiger partial charge in [-0.25, -0.2) is 0 Å². The summed E-state index contributed by atoms with van der Waals surface area (Å²) in [5.74, 6) is 1.69. The smallest absolute Gasteiger partial charge is 0.232 e. The van der Waals surface area contributed by atoms with E-state index >= 15 is 0 Å². The molecule has 2 bridgehead atoms. The quantitative estimate of drug-likeness (QED) is 0.852. The Kier molecular flexibility index (Phi) is 4.04. The van der Waals surface area contributed by atoms with Gasteiger partial charge in [0.25, 0.3) is 0 Å². The van der Waals surface area contributed by atoms with Gasteiger partial charge in [0.2, 0.25) is 11.7 Å². The number of fused-ring (bicyclic) bond motifs is 2. The molecule has 3 fully saturated rings. The number of morpholine rings is 1. The summed E-state index contributed by atoms with van der Waals surface area (Å²) in [5, 5.41) is 4.23. The predicted molar refractivity (Wildman–Crippen MR) is 91.1 cm³/mol. The van der Waals surface area contributed by atoms with E-state index in [-0.39, 0.29) is 12.0 Å². The molecule has 0 aliphatic carbocycles. The molecule has 3 saturated heterocycles. The fourth-order valence-corrected chi connectivity index (χ4v) is 4.23. The van der Waals surface area contributed by atoms with E-state index in [2.05, 4.69) is 39.3 Å². The molecule has 5 rings (SSSR count). The molecule has 0 spiro atoms. The highest BCUT2D eigenvalue weighted by Crippen LogP contribution is 2.44. The number of aromatic nitrogens is 2. The summed E-state index contributed by atoms with van der Waals surface area (Å²) in [7, 11) is 0. The summed E-state index contributed by atoms with van der Waals surface area (Å²) in [4.78, 5) is 7.09. The Morgan fingerprint density at radius 2 is 2.08 bits per heavy atom. The molecule has 0 radical (unpaired) electrons. The van der Waals surface area contributed by atoms with Gasteiger partial charge in [-0.1, -0.05) is 23.4 Å². The van der Waals surface area contributed by atoms with Gasteiger partial charge in [-0.3, -0.25) is 4.90 Å². The molecular formula is C19H23N3O3. The molecule has 25 heavy (non-hydrogen) atoms. The van der Waals surface area contributed by atoms with Crippen molar-refractivity contribution in [1.29, 1.82) is 0 Å². The third-order valence-corrected chi connectivity index (χ3v) is 5.56. The number of benzene rings is 1. The SMILES string of the molecule is c1cc(CN2CCOCC2)cc(-c2noc([C@H]3C[C@H]4CC[C@H]3O4)n2)c1. The molecule has 6 heteroatoms. The Balaban J connectivity index is 1.32. The average Bonchev–Trinajstić information content (AvgIpc) is 3.39. The summed E-state index contributed by atoms with van der Waals surface area (Å²) in [6.45, 7) is 4.54. The second-order valence-electron chi connectivity index (χ2n) is 7.26. The number of rotatable bonds is 4. The van der Waals surface area contributed by atoms with Gasteiger partial charge in [0, 0.05) is 25.2 Å². The highest BCUT2D eigenvalue weighted by molar-refractivity contribution is 5.55. The maximum absolute atomic E-state index is 5.91. The molecule has 3 aliphatic rings. The Morgan fingerprint density at radius 3 is 2.88 bits per heavy atom. The van der Waals surface area contributed by atoms with Crippen LogP contribution in [0.25, 0.3) is 11.4 Å². The van der Waals surface area contributed by atoms with Crippen molar-refractivity contribution in [2.75, 3.05) is 26.3 Å². The molecule has 132 valence electrons. The van der Waals surface area contributed by atoms with Crippen molar-refractivity contribution < 1.29 is 14.0 Å². The average molecular weight is 341 g/mol. The van der Waals surface area contributed by atoms with Crippen LogP contribution in [-0.2, 0) is 16.0 Å². The Labute approximate surface area is 147 Å². The summed E-state index contributed by atoms with van der Waals surface area (Å²) in [6, 6.07) is 8.45. The van der Waals surface area contributed by atoms with Crippen LogP contribution in [0, 0.1) is 0 Å².